The topological polar surface area (TPSA) is 88.2 Å². The Balaban J connectivity index is 1.28. The van der Waals surface area contributed by atoms with Crippen molar-refractivity contribution in [1.82, 2.24) is 14.8 Å². The summed E-state index contributed by atoms with van der Waals surface area (Å²) in [6.07, 6.45) is 7.12. The molecular formula is C29H32N4O4. The molecule has 0 radical (unpaired) electrons. The van der Waals surface area contributed by atoms with Gasteiger partial charge in [-0.25, -0.2) is 0 Å². The average Bonchev–Trinajstić information content (AvgIpc) is 3.58. The third-order valence-electron chi connectivity index (χ3n) is 7.96. The van der Waals surface area contributed by atoms with Gasteiger partial charge in [-0.2, -0.15) is 4.91 Å². The summed E-state index contributed by atoms with van der Waals surface area (Å²) in [6.45, 7) is 4.92. The van der Waals surface area contributed by atoms with Crippen LogP contribution in [0.4, 0.5) is 0 Å². The van der Waals surface area contributed by atoms with Gasteiger partial charge in [0.05, 0.1) is 19.8 Å². The molecule has 2 atom stereocenters. The quantitative estimate of drug-likeness (QED) is 0.452. The lowest BCUT2D eigenvalue weighted by Gasteiger charge is -2.34. The molecule has 2 aromatic heterocycles. The standard InChI is InChI=1S/C29H32N4O4/c34-28(19-32-12-14-36-15-13-32)33-11-1-2-23(18-33)27-17-25(29(37-27)20-7-9-30-10-8-20)22-3-5-24-21(16-22)4-6-26(24)31-35/h3,5,7-10,16-17,23,26H,1-2,4,6,11-15,18-19H2. The number of pyridine rings is 1. The molecule has 37 heavy (non-hydrogen) atoms. The summed E-state index contributed by atoms with van der Waals surface area (Å²) in [7, 11) is 0. The maximum atomic E-state index is 13.1. The maximum absolute atomic E-state index is 13.1. The Labute approximate surface area is 216 Å². The first-order valence-electron chi connectivity index (χ1n) is 13.3. The fourth-order valence-corrected chi connectivity index (χ4v) is 5.90. The van der Waals surface area contributed by atoms with Crippen molar-refractivity contribution in [1.29, 1.82) is 0 Å². The lowest BCUT2D eigenvalue weighted by Crippen LogP contribution is -2.47. The number of carbonyl (C=O) groups excluding carboxylic acids is 1. The summed E-state index contributed by atoms with van der Waals surface area (Å²) in [6, 6.07) is 12.1. The number of furan rings is 1. The summed E-state index contributed by atoms with van der Waals surface area (Å²) in [4.78, 5) is 32.7. The van der Waals surface area contributed by atoms with Crippen molar-refractivity contribution in [2.75, 3.05) is 45.9 Å². The van der Waals surface area contributed by atoms with Crippen LogP contribution in [-0.2, 0) is 16.0 Å². The number of benzene rings is 1. The minimum atomic E-state index is -0.244. The highest BCUT2D eigenvalue weighted by molar-refractivity contribution is 5.81. The molecule has 0 N–H and O–H groups in total. The SMILES string of the molecule is O=NC1CCc2cc(-c3cc(C4CCCN(C(=O)CN5CCOCC5)C4)oc3-c3ccncc3)ccc21. The van der Waals surface area contributed by atoms with Crippen LogP contribution in [0.3, 0.4) is 0 Å². The number of aromatic nitrogens is 1. The maximum Gasteiger partial charge on any atom is 0.236 e. The van der Waals surface area contributed by atoms with Crippen molar-refractivity contribution in [2.24, 2.45) is 5.18 Å². The number of carbonyl (C=O) groups is 1. The lowest BCUT2D eigenvalue weighted by atomic mass is 9.93. The Morgan fingerprint density at radius 1 is 1.03 bits per heavy atom. The molecule has 0 saturated carbocycles. The average molecular weight is 501 g/mol. The number of amides is 1. The molecule has 2 saturated heterocycles. The minimum absolute atomic E-state index is 0.148. The van der Waals surface area contributed by atoms with Crippen LogP contribution in [-0.4, -0.2) is 66.6 Å². The summed E-state index contributed by atoms with van der Waals surface area (Å²) < 4.78 is 12.0. The van der Waals surface area contributed by atoms with Gasteiger partial charge in [0.25, 0.3) is 0 Å². The number of morpholine rings is 1. The molecule has 4 heterocycles. The Morgan fingerprint density at radius 2 is 1.86 bits per heavy atom. The van der Waals surface area contributed by atoms with Gasteiger partial charge in [0, 0.05) is 55.6 Å². The normalized spacial score (nSPS) is 22.1. The second-order valence-electron chi connectivity index (χ2n) is 10.3. The van der Waals surface area contributed by atoms with Crippen LogP contribution >= 0.6 is 0 Å². The highest BCUT2D eigenvalue weighted by Gasteiger charge is 2.30. The molecule has 2 aliphatic heterocycles. The molecule has 3 aliphatic rings. The Bertz CT molecular complexity index is 1270. The molecule has 192 valence electrons. The van der Waals surface area contributed by atoms with E-state index in [4.69, 9.17) is 9.15 Å². The number of fused-ring (bicyclic) bond motifs is 1. The monoisotopic (exact) mass is 500 g/mol. The van der Waals surface area contributed by atoms with E-state index >= 15 is 0 Å². The summed E-state index contributed by atoms with van der Waals surface area (Å²) in [5, 5.41) is 3.30. The smallest absolute Gasteiger partial charge is 0.236 e. The zero-order valence-corrected chi connectivity index (χ0v) is 21.0. The van der Waals surface area contributed by atoms with E-state index < -0.39 is 0 Å². The van der Waals surface area contributed by atoms with Crippen LogP contribution in [0, 0.1) is 4.91 Å². The van der Waals surface area contributed by atoms with Crippen LogP contribution in [0.15, 0.2) is 58.4 Å². The van der Waals surface area contributed by atoms with Gasteiger partial charge in [0.15, 0.2) is 0 Å². The van der Waals surface area contributed by atoms with Crippen LogP contribution < -0.4 is 0 Å². The van der Waals surface area contributed by atoms with Crippen LogP contribution in [0.2, 0.25) is 0 Å². The van der Waals surface area contributed by atoms with Crippen LogP contribution in [0.25, 0.3) is 22.5 Å². The fourth-order valence-electron chi connectivity index (χ4n) is 5.90. The molecule has 1 amide bonds. The number of piperidine rings is 1. The second-order valence-corrected chi connectivity index (χ2v) is 10.3. The molecule has 0 spiro atoms. The Hall–Kier alpha value is -3.36. The number of aryl methyl sites for hydroxylation is 1. The first kappa shape index (κ1) is 24.0. The van der Waals surface area contributed by atoms with E-state index in [1.165, 1.54) is 5.56 Å². The van der Waals surface area contributed by atoms with Gasteiger partial charge in [0.2, 0.25) is 5.91 Å². The third-order valence-corrected chi connectivity index (χ3v) is 7.96. The van der Waals surface area contributed by atoms with Crippen molar-refractivity contribution >= 4 is 5.91 Å². The molecular weight excluding hydrogens is 468 g/mol. The van der Waals surface area contributed by atoms with E-state index in [9.17, 15) is 9.70 Å². The fraction of sp³-hybridized carbons (Fsp3) is 0.448. The Kier molecular flexibility index (Phi) is 6.85. The number of nitroso groups, excluding NO2 is 1. The highest BCUT2D eigenvalue weighted by atomic mass is 16.5. The van der Waals surface area contributed by atoms with Crippen molar-refractivity contribution < 1.29 is 13.9 Å². The third kappa shape index (κ3) is 4.95. The molecule has 8 heteroatoms. The van der Waals surface area contributed by atoms with E-state index in [1.807, 2.05) is 23.1 Å². The van der Waals surface area contributed by atoms with E-state index in [-0.39, 0.29) is 17.9 Å². The molecule has 0 bridgehead atoms. The van der Waals surface area contributed by atoms with Crippen molar-refractivity contribution in [3.63, 3.8) is 0 Å². The van der Waals surface area contributed by atoms with Gasteiger partial charge < -0.3 is 14.1 Å². The van der Waals surface area contributed by atoms with Gasteiger partial charge >= 0.3 is 0 Å². The highest BCUT2D eigenvalue weighted by Crippen LogP contribution is 2.42. The second kappa shape index (κ2) is 10.6. The van der Waals surface area contributed by atoms with Crippen LogP contribution in [0.1, 0.15) is 48.1 Å². The molecule has 1 aromatic carbocycles. The summed E-state index contributed by atoms with van der Waals surface area (Å²) in [5.74, 6) is 2.07. The number of ether oxygens (including phenoxy) is 1. The predicted octanol–water partition coefficient (Wildman–Crippen LogP) is 4.80. The largest absolute Gasteiger partial charge is 0.460 e. The molecule has 3 aromatic rings. The van der Waals surface area contributed by atoms with Gasteiger partial charge in [-0.05, 0) is 60.6 Å². The van der Waals surface area contributed by atoms with E-state index in [0.717, 1.165) is 79.1 Å². The lowest BCUT2D eigenvalue weighted by molar-refractivity contribution is -0.134. The molecule has 6 rings (SSSR count). The zero-order valence-electron chi connectivity index (χ0n) is 21.0. The summed E-state index contributed by atoms with van der Waals surface area (Å²) >= 11 is 0. The number of hydrogen-bond acceptors (Lipinski definition) is 7. The number of rotatable bonds is 6. The zero-order chi connectivity index (χ0) is 25.2. The molecule has 8 nitrogen and oxygen atoms in total. The summed E-state index contributed by atoms with van der Waals surface area (Å²) in [5.41, 5.74) is 5.30. The number of nitrogens with zero attached hydrogens (tertiary/aromatic N) is 4. The van der Waals surface area contributed by atoms with Gasteiger partial charge in [0.1, 0.15) is 17.6 Å². The van der Waals surface area contributed by atoms with Gasteiger partial charge in [-0.1, -0.05) is 23.4 Å². The molecule has 2 fully saturated rings. The van der Waals surface area contributed by atoms with E-state index in [2.05, 4.69) is 33.3 Å². The first-order chi connectivity index (χ1) is 18.2. The minimum Gasteiger partial charge on any atom is -0.460 e. The van der Waals surface area contributed by atoms with E-state index in [1.54, 1.807) is 12.4 Å². The molecule has 2 unspecified atom stereocenters. The van der Waals surface area contributed by atoms with Crippen molar-refractivity contribution in [3.05, 3.63) is 70.6 Å². The Morgan fingerprint density at radius 3 is 2.68 bits per heavy atom. The van der Waals surface area contributed by atoms with Crippen molar-refractivity contribution in [2.45, 2.75) is 37.6 Å². The molecule has 1 aliphatic carbocycles. The van der Waals surface area contributed by atoms with Crippen LogP contribution in [0.5, 0.6) is 0 Å². The van der Waals surface area contributed by atoms with Gasteiger partial charge in [-0.3, -0.25) is 14.7 Å². The number of likely N-dealkylation sites (tertiary alicyclic amines) is 1. The first-order valence-corrected chi connectivity index (χ1v) is 13.3. The van der Waals surface area contributed by atoms with Gasteiger partial charge in [-0.15, -0.1) is 0 Å². The number of hydrogen-bond donors (Lipinski definition) is 0. The van der Waals surface area contributed by atoms with E-state index in [0.29, 0.717) is 26.3 Å². The predicted molar refractivity (Wildman–Crippen MR) is 140 cm³/mol. The van der Waals surface area contributed by atoms with Crippen molar-refractivity contribution in [3.8, 4) is 22.5 Å².